The van der Waals surface area contributed by atoms with Crippen LogP contribution in [0.15, 0.2) is 42.6 Å². The molecule has 140 valence electrons. The van der Waals surface area contributed by atoms with Crippen LogP contribution >= 0.6 is 0 Å². The van der Waals surface area contributed by atoms with Gasteiger partial charge in [-0.2, -0.15) is 0 Å². The van der Waals surface area contributed by atoms with Crippen LogP contribution in [0.4, 0.5) is 4.39 Å². The lowest BCUT2D eigenvalue weighted by Crippen LogP contribution is -2.39. The minimum absolute atomic E-state index is 0.213. The monoisotopic (exact) mass is 356 g/mol. The van der Waals surface area contributed by atoms with E-state index in [9.17, 15) is 9.18 Å². The van der Waals surface area contributed by atoms with E-state index >= 15 is 0 Å². The molecular formula is C22H29FN2O. The standard InChI is InChI=1S/C22H29FN2O/c1-2-3-4-14-25(22(26)19-7-5-8-19)17-21-9-6-15-24(21)16-18-10-12-20(23)13-11-18/h6,9-13,15,19H,2-5,7-8,14,16-17H2,1H3. The van der Waals surface area contributed by atoms with Crippen LogP contribution in [0.2, 0.25) is 0 Å². The molecule has 1 fully saturated rings. The smallest absolute Gasteiger partial charge is 0.226 e. The quantitative estimate of drug-likeness (QED) is 0.581. The van der Waals surface area contributed by atoms with E-state index in [0.717, 1.165) is 49.9 Å². The lowest BCUT2D eigenvalue weighted by atomic mass is 9.84. The summed E-state index contributed by atoms with van der Waals surface area (Å²) >= 11 is 0. The molecule has 1 amide bonds. The fraction of sp³-hybridized carbons (Fsp3) is 0.500. The first kappa shape index (κ1) is 18.7. The minimum atomic E-state index is -0.213. The number of unbranched alkanes of at least 4 members (excludes halogenated alkanes) is 2. The third-order valence-electron chi connectivity index (χ3n) is 5.34. The molecule has 26 heavy (non-hydrogen) atoms. The van der Waals surface area contributed by atoms with Crippen LogP contribution in [0.3, 0.4) is 0 Å². The van der Waals surface area contributed by atoms with Gasteiger partial charge in [-0.1, -0.05) is 38.3 Å². The van der Waals surface area contributed by atoms with Crippen LogP contribution in [0.25, 0.3) is 0 Å². The lowest BCUT2D eigenvalue weighted by molar-refractivity contribution is -0.139. The molecule has 4 heteroatoms. The second-order valence-electron chi connectivity index (χ2n) is 7.35. The molecule has 1 aromatic heterocycles. The van der Waals surface area contributed by atoms with Crippen LogP contribution in [0.5, 0.6) is 0 Å². The van der Waals surface area contributed by atoms with Gasteiger partial charge >= 0.3 is 0 Å². The molecule has 1 saturated carbocycles. The van der Waals surface area contributed by atoms with E-state index in [1.165, 1.54) is 18.6 Å². The predicted octanol–water partition coefficient (Wildman–Crippen LogP) is 4.99. The second kappa shape index (κ2) is 9.02. The van der Waals surface area contributed by atoms with Crippen molar-refractivity contribution in [1.82, 2.24) is 9.47 Å². The summed E-state index contributed by atoms with van der Waals surface area (Å²) in [6.45, 7) is 4.38. The maximum absolute atomic E-state index is 13.1. The molecule has 0 radical (unpaired) electrons. The SMILES string of the molecule is CCCCCN(Cc1cccn1Cc1ccc(F)cc1)C(=O)C1CCC1. The third-order valence-corrected chi connectivity index (χ3v) is 5.34. The van der Waals surface area contributed by atoms with E-state index in [-0.39, 0.29) is 11.7 Å². The number of carbonyl (C=O) groups excluding carboxylic acids is 1. The number of amides is 1. The molecule has 1 aliphatic rings. The average molecular weight is 356 g/mol. The number of benzene rings is 1. The van der Waals surface area contributed by atoms with Crippen molar-refractivity contribution in [3.8, 4) is 0 Å². The van der Waals surface area contributed by atoms with Gasteiger partial charge in [0, 0.05) is 30.9 Å². The Morgan fingerprint density at radius 2 is 1.96 bits per heavy atom. The van der Waals surface area contributed by atoms with E-state index in [0.29, 0.717) is 19.0 Å². The normalized spacial score (nSPS) is 14.2. The van der Waals surface area contributed by atoms with Crippen molar-refractivity contribution in [3.05, 3.63) is 59.7 Å². The van der Waals surface area contributed by atoms with Crippen LogP contribution in [0.1, 0.15) is 56.7 Å². The van der Waals surface area contributed by atoms with Crippen molar-refractivity contribution in [1.29, 1.82) is 0 Å². The summed E-state index contributed by atoms with van der Waals surface area (Å²) < 4.78 is 15.3. The van der Waals surface area contributed by atoms with Gasteiger partial charge in [-0.25, -0.2) is 4.39 Å². The number of aromatic nitrogens is 1. The highest BCUT2D eigenvalue weighted by atomic mass is 19.1. The maximum atomic E-state index is 13.1. The van der Waals surface area contributed by atoms with Gasteiger partial charge in [0.2, 0.25) is 5.91 Å². The molecule has 3 nitrogen and oxygen atoms in total. The first-order valence-electron chi connectivity index (χ1n) is 9.84. The summed E-state index contributed by atoms with van der Waals surface area (Å²) in [5.74, 6) is 0.341. The molecule has 1 aromatic carbocycles. The molecule has 0 saturated heterocycles. The van der Waals surface area contributed by atoms with E-state index in [4.69, 9.17) is 0 Å². The number of carbonyl (C=O) groups is 1. The number of nitrogens with zero attached hydrogens (tertiary/aromatic N) is 2. The highest BCUT2D eigenvalue weighted by Crippen LogP contribution is 2.29. The van der Waals surface area contributed by atoms with Crippen LogP contribution in [0, 0.1) is 11.7 Å². The zero-order valence-corrected chi connectivity index (χ0v) is 15.7. The molecule has 0 spiro atoms. The largest absolute Gasteiger partial charge is 0.345 e. The fourth-order valence-electron chi connectivity index (χ4n) is 3.46. The van der Waals surface area contributed by atoms with Crippen molar-refractivity contribution < 1.29 is 9.18 Å². The highest BCUT2D eigenvalue weighted by Gasteiger charge is 2.29. The summed E-state index contributed by atoms with van der Waals surface area (Å²) in [6, 6.07) is 10.7. The van der Waals surface area contributed by atoms with Crippen LogP contribution in [-0.4, -0.2) is 21.9 Å². The molecule has 1 aliphatic carbocycles. The molecule has 1 heterocycles. The first-order chi connectivity index (χ1) is 12.7. The molecule has 0 aliphatic heterocycles. The average Bonchev–Trinajstić information content (AvgIpc) is 3.01. The van der Waals surface area contributed by atoms with E-state index < -0.39 is 0 Å². The van der Waals surface area contributed by atoms with Crippen molar-refractivity contribution in [3.63, 3.8) is 0 Å². The van der Waals surface area contributed by atoms with Crippen molar-refractivity contribution >= 4 is 5.91 Å². The maximum Gasteiger partial charge on any atom is 0.226 e. The number of hydrogen-bond donors (Lipinski definition) is 0. The summed E-state index contributed by atoms with van der Waals surface area (Å²) in [6.07, 6.45) is 8.68. The zero-order valence-electron chi connectivity index (χ0n) is 15.7. The topological polar surface area (TPSA) is 25.2 Å². The van der Waals surface area contributed by atoms with Gasteiger partial charge in [0.05, 0.1) is 6.54 Å². The van der Waals surface area contributed by atoms with E-state index in [2.05, 4.69) is 22.5 Å². The summed E-state index contributed by atoms with van der Waals surface area (Å²) in [5, 5.41) is 0. The number of rotatable bonds is 9. The highest BCUT2D eigenvalue weighted by molar-refractivity contribution is 5.79. The Hall–Kier alpha value is -2.10. The van der Waals surface area contributed by atoms with Gasteiger partial charge < -0.3 is 9.47 Å². The molecule has 0 atom stereocenters. The van der Waals surface area contributed by atoms with E-state index in [1.54, 1.807) is 0 Å². The molecule has 3 rings (SSSR count). The number of hydrogen-bond acceptors (Lipinski definition) is 1. The first-order valence-corrected chi connectivity index (χ1v) is 9.84. The van der Waals surface area contributed by atoms with E-state index in [1.807, 2.05) is 24.4 Å². The predicted molar refractivity (Wildman–Crippen MR) is 102 cm³/mol. The minimum Gasteiger partial charge on any atom is -0.345 e. The van der Waals surface area contributed by atoms with Gasteiger partial charge in [0.1, 0.15) is 5.82 Å². The Morgan fingerprint density at radius 1 is 1.19 bits per heavy atom. The summed E-state index contributed by atoms with van der Waals surface area (Å²) in [5.41, 5.74) is 2.20. The van der Waals surface area contributed by atoms with Crippen LogP contribution < -0.4 is 0 Å². The van der Waals surface area contributed by atoms with Crippen LogP contribution in [-0.2, 0) is 17.9 Å². The second-order valence-corrected chi connectivity index (χ2v) is 7.35. The Morgan fingerprint density at radius 3 is 2.62 bits per heavy atom. The van der Waals surface area contributed by atoms with Crippen molar-refractivity contribution in [2.75, 3.05) is 6.54 Å². The van der Waals surface area contributed by atoms with Gasteiger partial charge in [0.15, 0.2) is 0 Å². The van der Waals surface area contributed by atoms with Crippen molar-refractivity contribution in [2.45, 2.75) is 58.5 Å². The molecule has 0 bridgehead atoms. The Balaban J connectivity index is 1.68. The van der Waals surface area contributed by atoms with Gasteiger partial charge in [-0.3, -0.25) is 4.79 Å². The van der Waals surface area contributed by atoms with Crippen molar-refractivity contribution in [2.24, 2.45) is 5.92 Å². The number of halogens is 1. The fourth-order valence-corrected chi connectivity index (χ4v) is 3.46. The lowest BCUT2D eigenvalue weighted by Gasteiger charge is -2.32. The van der Waals surface area contributed by atoms with Gasteiger partial charge in [-0.05, 0) is 49.1 Å². The van der Waals surface area contributed by atoms with Gasteiger partial charge in [-0.15, -0.1) is 0 Å². The molecule has 2 aromatic rings. The summed E-state index contributed by atoms with van der Waals surface area (Å²) in [7, 11) is 0. The third kappa shape index (κ3) is 4.75. The Labute approximate surface area is 155 Å². The molecular weight excluding hydrogens is 327 g/mol. The summed E-state index contributed by atoms with van der Waals surface area (Å²) in [4.78, 5) is 14.9. The molecule has 0 N–H and O–H groups in total. The Kier molecular flexibility index (Phi) is 6.48. The molecule has 0 unspecified atom stereocenters. The zero-order chi connectivity index (χ0) is 18.4. The Bertz CT molecular complexity index is 703. The van der Waals surface area contributed by atoms with Gasteiger partial charge in [0.25, 0.3) is 0 Å².